The maximum absolute atomic E-state index is 10.5. The van der Waals surface area contributed by atoms with Gasteiger partial charge in [0.15, 0.2) is 0 Å². The third-order valence-electron chi connectivity index (χ3n) is 2.57. The van der Waals surface area contributed by atoms with Gasteiger partial charge in [-0.1, -0.05) is 0 Å². The third kappa shape index (κ3) is 5.94. The van der Waals surface area contributed by atoms with Crippen LogP contribution in [0, 0.1) is 5.92 Å². The fraction of sp³-hybridized carbons (Fsp3) is 0.900. The highest BCUT2D eigenvalue weighted by atomic mass is 16.4. The number of carboxylic acid groups (broad SMARTS) is 1. The Kier molecular flexibility index (Phi) is 6.49. The maximum atomic E-state index is 10.5. The third-order valence-corrected chi connectivity index (χ3v) is 2.57. The first-order valence-electron chi connectivity index (χ1n) is 5.09. The number of carboxylic acids is 1. The van der Waals surface area contributed by atoms with Crippen LogP contribution in [0.5, 0.6) is 0 Å². The van der Waals surface area contributed by atoms with Gasteiger partial charge in [-0.2, -0.15) is 0 Å². The molecule has 4 nitrogen and oxygen atoms in total. The summed E-state index contributed by atoms with van der Waals surface area (Å²) in [6, 6.07) is 0.498. The zero-order valence-corrected chi connectivity index (χ0v) is 9.36. The summed E-state index contributed by atoms with van der Waals surface area (Å²) in [5, 5.41) is 8.62. The van der Waals surface area contributed by atoms with Crippen LogP contribution < -0.4 is 5.73 Å². The lowest BCUT2D eigenvalue weighted by Gasteiger charge is -2.23. The summed E-state index contributed by atoms with van der Waals surface area (Å²) < 4.78 is 0. The molecule has 0 aliphatic heterocycles. The second-order valence-electron chi connectivity index (χ2n) is 4.06. The van der Waals surface area contributed by atoms with E-state index in [0.29, 0.717) is 12.6 Å². The second kappa shape index (κ2) is 6.79. The Hall–Kier alpha value is -0.610. The van der Waals surface area contributed by atoms with Gasteiger partial charge in [-0.3, -0.25) is 4.79 Å². The zero-order chi connectivity index (χ0) is 11.1. The van der Waals surface area contributed by atoms with E-state index in [4.69, 9.17) is 10.8 Å². The summed E-state index contributed by atoms with van der Waals surface area (Å²) in [7, 11) is 2.04. The summed E-state index contributed by atoms with van der Waals surface area (Å²) in [5.41, 5.74) is 5.50. The Bertz CT molecular complexity index is 172. The zero-order valence-electron chi connectivity index (χ0n) is 9.36. The molecule has 3 N–H and O–H groups in total. The largest absolute Gasteiger partial charge is 0.481 e. The van der Waals surface area contributed by atoms with Gasteiger partial charge in [0.2, 0.25) is 0 Å². The van der Waals surface area contributed by atoms with E-state index >= 15 is 0 Å². The lowest BCUT2D eigenvalue weighted by Crippen LogP contribution is -2.30. The number of nitrogens with zero attached hydrogens (tertiary/aromatic N) is 1. The number of hydrogen-bond acceptors (Lipinski definition) is 3. The van der Waals surface area contributed by atoms with Crippen molar-refractivity contribution >= 4 is 5.97 Å². The fourth-order valence-electron chi connectivity index (χ4n) is 1.19. The Morgan fingerprint density at radius 2 is 2.07 bits per heavy atom. The topological polar surface area (TPSA) is 66.6 Å². The summed E-state index contributed by atoms with van der Waals surface area (Å²) in [5.74, 6) is -0.652. The predicted octanol–water partition coefficient (Wildman–Crippen LogP) is 0.766. The average Bonchev–Trinajstić information content (AvgIpc) is 2.10. The van der Waals surface area contributed by atoms with Gasteiger partial charge in [-0.15, -0.1) is 0 Å². The van der Waals surface area contributed by atoms with Crippen LogP contribution in [0.2, 0.25) is 0 Å². The number of carbonyl (C=O) groups is 1. The molecule has 84 valence electrons. The molecule has 0 aromatic rings. The van der Waals surface area contributed by atoms with Gasteiger partial charge in [-0.05, 0) is 46.3 Å². The van der Waals surface area contributed by atoms with Crippen molar-refractivity contribution in [2.75, 3.05) is 20.1 Å². The SMILES string of the molecule is CC(C)N(C)CCC(CN)CC(=O)O. The molecule has 0 radical (unpaired) electrons. The lowest BCUT2D eigenvalue weighted by molar-refractivity contribution is -0.138. The maximum Gasteiger partial charge on any atom is 0.303 e. The molecule has 0 saturated heterocycles. The van der Waals surface area contributed by atoms with Crippen molar-refractivity contribution in [2.24, 2.45) is 11.7 Å². The Morgan fingerprint density at radius 1 is 1.50 bits per heavy atom. The molecule has 0 aliphatic carbocycles. The average molecular weight is 202 g/mol. The van der Waals surface area contributed by atoms with E-state index in [2.05, 4.69) is 18.7 Å². The highest BCUT2D eigenvalue weighted by Gasteiger charge is 2.13. The number of nitrogens with two attached hydrogens (primary N) is 1. The van der Waals surface area contributed by atoms with Gasteiger partial charge >= 0.3 is 5.97 Å². The summed E-state index contributed by atoms with van der Waals surface area (Å²) in [4.78, 5) is 12.7. The van der Waals surface area contributed by atoms with Crippen LogP contribution in [-0.2, 0) is 4.79 Å². The first kappa shape index (κ1) is 13.4. The highest BCUT2D eigenvalue weighted by molar-refractivity contribution is 5.67. The minimum atomic E-state index is -0.757. The van der Waals surface area contributed by atoms with Crippen molar-refractivity contribution in [3.8, 4) is 0 Å². The minimum absolute atomic E-state index is 0.105. The fourth-order valence-corrected chi connectivity index (χ4v) is 1.19. The summed E-state index contributed by atoms with van der Waals surface area (Å²) in [6.07, 6.45) is 1.04. The molecule has 0 spiro atoms. The van der Waals surface area contributed by atoms with Crippen molar-refractivity contribution in [1.82, 2.24) is 4.90 Å². The van der Waals surface area contributed by atoms with Crippen LogP contribution >= 0.6 is 0 Å². The van der Waals surface area contributed by atoms with Crippen molar-refractivity contribution in [2.45, 2.75) is 32.7 Å². The predicted molar refractivity (Wildman–Crippen MR) is 57.2 cm³/mol. The van der Waals surface area contributed by atoms with E-state index in [1.807, 2.05) is 7.05 Å². The molecule has 4 heteroatoms. The Labute approximate surface area is 86.1 Å². The van der Waals surface area contributed by atoms with Gasteiger partial charge in [0.1, 0.15) is 0 Å². The first-order chi connectivity index (χ1) is 6.47. The molecule has 0 saturated carbocycles. The van der Waals surface area contributed by atoms with Crippen LogP contribution in [0.25, 0.3) is 0 Å². The molecular weight excluding hydrogens is 180 g/mol. The number of aliphatic carboxylic acids is 1. The van der Waals surface area contributed by atoms with Crippen LogP contribution in [-0.4, -0.2) is 42.2 Å². The molecule has 0 amide bonds. The molecule has 0 bridgehead atoms. The van der Waals surface area contributed by atoms with E-state index in [-0.39, 0.29) is 12.3 Å². The van der Waals surface area contributed by atoms with Crippen LogP contribution in [0.15, 0.2) is 0 Å². The van der Waals surface area contributed by atoms with Crippen LogP contribution in [0.1, 0.15) is 26.7 Å². The van der Waals surface area contributed by atoms with Gasteiger partial charge in [0.25, 0.3) is 0 Å². The first-order valence-corrected chi connectivity index (χ1v) is 5.09. The van der Waals surface area contributed by atoms with Crippen molar-refractivity contribution < 1.29 is 9.90 Å². The molecule has 0 aromatic carbocycles. The van der Waals surface area contributed by atoms with Crippen molar-refractivity contribution in [3.05, 3.63) is 0 Å². The van der Waals surface area contributed by atoms with Gasteiger partial charge in [0.05, 0.1) is 0 Å². The van der Waals surface area contributed by atoms with Gasteiger partial charge in [-0.25, -0.2) is 0 Å². The quantitative estimate of drug-likeness (QED) is 0.640. The Balaban J connectivity index is 3.77. The lowest BCUT2D eigenvalue weighted by atomic mass is 10.0. The van der Waals surface area contributed by atoms with Gasteiger partial charge < -0.3 is 15.7 Å². The highest BCUT2D eigenvalue weighted by Crippen LogP contribution is 2.08. The summed E-state index contributed by atoms with van der Waals surface area (Å²) in [6.45, 7) is 5.61. The molecule has 0 heterocycles. The molecule has 1 atom stereocenters. The van der Waals surface area contributed by atoms with E-state index in [1.54, 1.807) is 0 Å². The monoisotopic (exact) mass is 202 g/mol. The van der Waals surface area contributed by atoms with Crippen molar-refractivity contribution in [3.63, 3.8) is 0 Å². The van der Waals surface area contributed by atoms with Crippen molar-refractivity contribution in [1.29, 1.82) is 0 Å². The van der Waals surface area contributed by atoms with E-state index in [1.165, 1.54) is 0 Å². The molecule has 1 unspecified atom stereocenters. The normalized spacial score (nSPS) is 13.6. The second-order valence-corrected chi connectivity index (χ2v) is 4.06. The standard InChI is InChI=1S/C10H22N2O2/c1-8(2)12(3)5-4-9(7-11)6-10(13)14/h8-9H,4-7,11H2,1-3H3,(H,13,14). The minimum Gasteiger partial charge on any atom is -0.481 e. The van der Waals surface area contributed by atoms with Crippen LogP contribution in [0.3, 0.4) is 0 Å². The smallest absolute Gasteiger partial charge is 0.303 e. The van der Waals surface area contributed by atoms with E-state index in [9.17, 15) is 4.79 Å². The van der Waals surface area contributed by atoms with E-state index in [0.717, 1.165) is 13.0 Å². The molecule has 0 fully saturated rings. The Morgan fingerprint density at radius 3 is 2.43 bits per heavy atom. The number of rotatable bonds is 7. The van der Waals surface area contributed by atoms with Gasteiger partial charge in [0, 0.05) is 12.5 Å². The number of hydrogen-bond donors (Lipinski definition) is 2. The molecule has 0 aliphatic rings. The summed E-state index contributed by atoms with van der Waals surface area (Å²) >= 11 is 0. The molecular formula is C10H22N2O2. The molecule has 0 aromatic heterocycles. The molecule has 14 heavy (non-hydrogen) atoms. The van der Waals surface area contributed by atoms with E-state index < -0.39 is 5.97 Å². The molecule has 0 rings (SSSR count). The van der Waals surface area contributed by atoms with Crippen LogP contribution in [0.4, 0.5) is 0 Å².